The number of carbonyl (C=O) groups is 2. The van der Waals surface area contributed by atoms with E-state index in [-0.39, 0.29) is 31.3 Å². The molecule has 2 aromatic rings. The SMILES string of the molecule is CCc1cccc(-c2c(F)cccc2C(O)(CCCNC(=O)O)C2CCCN(C(=O)[C@H](N)CCCN)C2)c1. The molecule has 1 fully saturated rings. The summed E-state index contributed by atoms with van der Waals surface area (Å²) in [5.74, 6) is -1.000. The van der Waals surface area contributed by atoms with Crippen molar-refractivity contribution in [3.8, 4) is 11.1 Å². The summed E-state index contributed by atoms with van der Waals surface area (Å²) >= 11 is 0. The van der Waals surface area contributed by atoms with Crippen molar-refractivity contribution in [1.82, 2.24) is 10.2 Å². The molecule has 0 aliphatic carbocycles. The summed E-state index contributed by atoms with van der Waals surface area (Å²) in [5.41, 5.74) is 12.7. The lowest BCUT2D eigenvalue weighted by Gasteiger charge is -2.44. The summed E-state index contributed by atoms with van der Waals surface area (Å²) in [6.07, 6.45) is 2.63. The Kier molecular flexibility index (Phi) is 10.6. The molecule has 9 heteroatoms. The van der Waals surface area contributed by atoms with Crippen LogP contribution in [0.2, 0.25) is 0 Å². The van der Waals surface area contributed by atoms with Crippen molar-refractivity contribution in [2.45, 2.75) is 63.5 Å². The predicted octanol–water partition coefficient (Wildman–Crippen LogP) is 3.60. The van der Waals surface area contributed by atoms with Gasteiger partial charge in [0.15, 0.2) is 0 Å². The molecule has 3 rings (SSSR count). The molecule has 0 spiro atoms. The van der Waals surface area contributed by atoms with Gasteiger partial charge in [-0.15, -0.1) is 0 Å². The average molecular weight is 529 g/mol. The van der Waals surface area contributed by atoms with Gasteiger partial charge in [0.2, 0.25) is 5.91 Å². The number of aryl methyl sites for hydroxylation is 1. The average Bonchev–Trinajstić information content (AvgIpc) is 2.93. The number of piperidine rings is 1. The lowest BCUT2D eigenvalue weighted by Crippen LogP contribution is -2.52. The number of benzene rings is 2. The Morgan fingerprint density at radius 3 is 2.71 bits per heavy atom. The van der Waals surface area contributed by atoms with Crippen molar-refractivity contribution >= 4 is 12.0 Å². The van der Waals surface area contributed by atoms with Gasteiger partial charge in [0.1, 0.15) is 5.82 Å². The number of nitrogens with two attached hydrogens (primary N) is 2. The van der Waals surface area contributed by atoms with E-state index in [1.807, 2.05) is 31.2 Å². The smallest absolute Gasteiger partial charge is 0.404 e. The summed E-state index contributed by atoms with van der Waals surface area (Å²) in [6, 6.07) is 11.7. The third-order valence-corrected chi connectivity index (χ3v) is 7.56. The van der Waals surface area contributed by atoms with Gasteiger partial charge in [-0.3, -0.25) is 4.79 Å². The highest BCUT2D eigenvalue weighted by Gasteiger charge is 2.43. The summed E-state index contributed by atoms with van der Waals surface area (Å²) in [7, 11) is 0. The zero-order valence-electron chi connectivity index (χ0n) is 22.2. The van der Waals surface area contributed by atoms with Crippen LogP contribution in [0.15, 0.2) is 42.5 Å². The fourth-order valence-corrected chi connectivity index (χ4v) is 5.50. The van der Waals surface area contributed by atoms with E-state index in [4.69, 9.17) is 16.6 Å². The van der Waals surface area contributed by atoms with Crippen LogP contribution in [0.5, 0.6) is 0 Å². The minimum atomic E-state index is -1.50. The minimum absolute atomic E-state index is 0.146. The molecule has 0 saturated carbocycles. The molecule has 1 aliphatic rings. The van der Waals surface area contributed by atoms with Crippen molar-refractivity contribution in [3.63, 3.8) is 0 Å². The van der Waals surface area contributed by atoms with Crippen LogP contribution in [-0.4, -0.2) is 59.3 Å². The topological polar surface area (TPSA) is 142 Å². The van der Waals surface area contributed by atoms with E-state index in [0.29, 0.717) is 61.9 Å². The standard InChI is InChI=1S/C29H41FN4O4/c1-2-20-8-3-9-21(18-20)26-23(11-4-12-24(26)30)29(38,14-7-16-33-28(36)37)22-10-6-17-34(19-22)27(35)25(32)13-5-15-31/h3-4,8-9,11-12,18,22,25,33,38H,2,5-7,10,13-17,19,31-32H2,1H3,(H,36,37)/t22?,25-,29?/m1/s1. The normalized spacial score (nSPS) is 18.0. The van der Waals surface area contributed by atoms with E-state index >= 15 is 4.39 Å². The number of amides is 2. The van der Waals surface area contributed by atoms with Gasteiger partial charge in [-0.2, -0.15) is 0 Å². The molecule has 8 nitrogen and oxygen atoms in total. The zero-order valence-corrected chi connectivity index (χ0v) is 22.2. The molecule has 0 radical (unpaired) electrons. The highest BCUT2D eigenvalue weighted by molar-refractivity contribution is 5.81. The molecule has 2 unspecified atom stereocenters. The highest BCUT2D eigenvalue weighted by Crippen LogP contribution is 2.44. The molecule has 1 aliphatic heterocycles. The van der Waals surface area contributed by atoms with Crippen molar-refractivity contribution < 1.29 is 24.2 Å². The van der Waals surface area contributed by atoms with Crippen LogP contribution < -0.4 is 16.8 Å². The molecule has 0 aromatic heterocycles. The Hall–Kier alpha value is -3.01. The highest BCUT2D eigenvalue weighted by atomic mass is 19.1. The first-order valence-corrected chi connectivity index (χ1v) is 13.5. The molecule has 1 heterocycles. The number of nitrogens with one attached hydrogen (secondary N) is 1. The Morgan fingerprint density at radius 1 is 1.24 bits per heavy atom. The summed E-state index contributed by atoms with van der Waals surface area (Å²) in [5, 5.41) is 23.8. The van der Waals surface area contributed by atoms with Gasteiger partial charge in [0, 0.05) is 31.1 Å². The summed E-state index contributed by atoms with van der Waals surface area (Å²) in [4.78, 5) is 25.8. The third-order valence-electron chi connectivity index (χ3n) is 7.56. The van der Waals surface area contributed by atoms with Crippen LogP contribution in [0.25, 0.3) is 11.1 Å². The maximum atomic E-state index is 15.5. The van der Waals surface area contributed by atoms with E-state index in [1.165, 1.54) is 6.07 Å². The van der Waals surface area contributed by atoms with E-state index in [9.17, 15) is 14.7 Å². The second-order valence-corrected chi connectivity index (χ2v) is 10.1. The van der Waals surface area contributed by atoms with Crippen LogP contribution in [0.1, 0.15) is 56.6 Å². The summed E-state index contributed by atoms with van der Waals surface area (Å²) in [6.45, 7) is 3.45. The first-order chi connectivity index (χ1) is 18.2. The molecule has 208 valence electrons. The van der Waals surface area contributed by atoms with Gasteiger partial charge in [-0.1, -0.05) is 43.3 Å². The van der Waals surface area contributed by atoms with Gasteiger partial charge in [0.05, 0.1) is 11.6 Å². The Labute approximate surface area is 224 Å². The van der Waals surface area contributed by atoms with Gasteiger partial charge >= 0.3 is 6.09 Å². The number of nitrogens with zero attached hydrogens (tertiary/aromatic N) is 1. The van der Waals surface area contributed by atoms with Crippen molar-refractivity contribution in [2.75, 3.05) is 26.2 Å². The van der Waals surface area contributed by atoms with E-state index in [0.717, 1.165) is 12.0 Å². The number of rotatable bonds is 12. The van der Waals surface area contributed by atoms with E-state index < -0.39 is 23.6 Å². The molecule has 2 aromatic carbocycles. The molecule has 0 bridgehead atoms. The first kappa shape index (κ1) is 29.5. The van der Waals surface area contributed by atoms with Crippen molar-refractivity contribution in [3.05, 3.63) is 59.4 Å². The van der Waals surface area contributed by atoms with Crippen LogP contribution in [-0.2, 0) is 16.8 Å². The van der Waals surface area contributed by atoms with Gasteiger partial charge in [0.25, 0.3) is 0 Å². The molecule has 1 saturated heterocycles. The van der Waals surface area contributed by atoms with Crippen molar-refractivity contribution in [2.24, 2.45) is 17.4 Å². The monoisotopic (exact) mass is 528 g/mol. The number of hydrogen-bond donors (Lipinski definition) is 5. The van der Waals surface area contributed by atoms with Gasteiger partial charge in [-0.05, 0) is 74.2 Å². The number of likely N-dealkylation sites (tertiary alicyclic amines) is 1. The number of carbonyl (C=O) groups excluding carboxylic acids is 1. The fourth-order valence-electron chi connectivity index (χ4n) is 5.50. The maximum Gasteiger partial charge on any atom is 0.404 e. The van der Waals surface area contributed by atoms with Crippen LogP contribution in [0.4, 0.5) is 9.18 Å². The predicted molar refractivity (Wildman–Crippen MR) is 146 cm³/mol. The molecular formula is C29H41FN4O4. The molecule has 38 heavy (non-hydrogen) atoms. The number of hydrogen-bond acceptors (Lipinski definition) is 5. The number of halogens is 1. The number of carboxylic acid groups (broad SMARTS) is 1. The minimum Gasteiger partial charge on any atom is -0.465 e. The van der Waals surface area contributed by atoms with Gasteiger partial charge < -0.3 is 31.9 Å². The second-order valence-electron chi connectivity index (χ2n) is 10.1. The quantitative estimate of drug-likeness (QED) is 0.267. The Balaban J connectivity index is 2.01. The second kappa shape index (κ2) is 13.7. The van der Waals surface area contributed by atoms with Gasteiger partial charge in [-0.25, -0.2) is 9.18 Å². The number of aliphatic hydroxyl groups is 1. The van der Waals surface area contributed by atoms with E-state index in [2.05, 4.69) is 5.32 Å². The lowest BCUT2D eigenvalue weighted by atomic mass is 9.72. The summed E-state index contributed by atoms with van der Waals surface area (Å²) < 4.78 is 15.5. The van der Waals surface area contributed by atoms with Crippen LogP contribution in [0.3, 0.4) is 0 Å². The molecule has 2 amide bonds. The Bertz CT molecular complexity index is 1100. The third kappa shape index (κ3) is 7.09. The molecule has 3 atom stereocenters. The fraction of sp³-hybridized carbons (Fsp3) is 0.517. The van der Waals surface area contributed by atoms with Crippen molar-refractivity contribution in [1.29, 1.82) is 0 Å². The zero-order chi connectivity index (χ0) is 27.7. The molecule has 7 N–H and O–H groups in total. The first-order valence-electron chi connectivity index (χ1n) is 13.5. The van der Waals surface area contributed by atoms with Crippen LogP contribution in [0, 0.1) is 11.7 Å². The Morgan fingerprint density at radius 2 is 2.00 bits per heavy atom. The lowest BCUT2D eigenvalue weighted by molar-refractivity contribution is -0.138. The maximum absolute atomic E-state index is 15.5. The van der Waals surface area contributed by atoms with Crippen LogP contribution >= 0.6 is 0 Å². The largest absolute Gasteiger partial charge is 0.465 e. The molecular weight excluding hydrogens is 487 g/mol. The van der Waals surface area contributed by atoms with E-state index in [1.54, 1.807) is 17.0 Å².